The van der Waals surface area contributed by atoms with Gasteiger partial charge in [-0.2, -0.15) is 0 Å². The molecule has 0 atom stereocenters. The van der Waals surface area contributed by atoms with E-state index in [0.717, 1.165) is 18.6 Å². The van der Waals surface area contributed by atoms with Gasteiger partial charge in [-0.25, -0.2) is 0 Å². The molecule has 0 spiro atoms. The van der Waals surface area contributed by atoms with Gasteiger partial charge in [0.05, 0.1) is 5.71 Å². The molecule has 0 fully saturated rings. The van der Waals surface area contributed by atoms with Crippen molar-refractivity contribution in [3.05, 3.63) is 24.0 Å². The molecule has 1 aliphatic rings. The lowest BCUT2D eigenvalue weighted by atomic mass is 9.98. The molecule has 0 saturated carbocycles. The van der Waals surface area contributed by atoms with Gasteiger partial charge in [0, 0.05) is 0 Å². The number of unbranched alkanes of at least 4 members (excludes halogenated alkanes) is 4. The normalized spacial score (nSPS) is 14.9. The van der Waals surface area contributed by atoms with E-state index in [1.165, 1.54) is 44.1 Å². The summed E-state index contributed by atoms with van der Waals surface area (Å²) < 4.78 is 0. The van der Waals surface area contributed by atoms with E-state index in [2.05, 4.69) is 25.1 Å². The molecule has 0 aromatic rings. The number of hydrogen-bond acceptors (Lipinski definition) is 2. The Kier molecular flexibility index (Phi) is 7.44. The van der Waals surface area contributed by atoms with Crippen molar-refractivity contribution in [2.75, 3.05) is 0 Å². The summed E-state index contributed by atoms with van der Waals surface area (Å²) in [6.45, 7) is 4.46. The predicted molar refractivity (Wildman–Crippen MR) is 74.0 cm³/mol. The van der Waals surface area contributed by atoms with Crippen LogP contribution in [0.3, 0.4) is 0 Å². The molecule has 0 aliphatic carbocycles. The monoisotopic (exact) mass is 235 g/mol. The lowest BCUT2D eigenvalue weighted by Crippen LogP contribution is -2.03. The molecular weight excluding hydrogens is 210 g/mol. The fourth-order valence-electron chi connectivity index (χ4n) is 1.98. The molecule has 96 valence electrons. The lowest BCUT2D eigenvalue weighted by Gasteiger charge is -2.08. The molecule has 1 aliphatic heterocycles. The van der Waals surface area contributed by atoms with Crippen LogP contribution in [0.25, 0.3) is 0 Å². The molecule has 0 N–H and O–H groups in total. The minimum Gasteiger partial charge on any atom is -0.365 e. The molecule has 0 unspecified atom stereocenters. The van der Waals surface area contributed by atoms with Crippen molar-refractivity contribution in [3.63, 3.8) is 0 Å². The SMILES string of the molecule is CCCCCC1=CC=CON=C1CCCCC. The van der Waals surface area contributed by atoms with E-state index in [1.54, 1.807) is 6.26 Å². The van der Waals surface area contributed by atoms with Gasteiger partial charge in [-0.15, -0.1) is 0 Å². The molecule has 0 radical (unpaired) electrons. The average Bonchev–Trinajstić information content (AvgIpc) is 2.56. The average molecular weight is 235 g/mol. The fraction of sp³-hybridized carbons (Fsp3) is 0.667. The topological polar surface area (TPSA) is 21.6 Å². The highest BCUT2D eigenvalue weighted by atomic mass is 16.6. The van der Waals surface area contributed by atoms with E-state index in [0.29, 0.717) is 0 Å². The van der Waals surface area contributed by atoms with Gasteiger partial charge in [0.2, 0.25) is 0 Å². The van der Waals surface area contributed by atoms with Gasteiger partial charge in [0.15, 0.2) is 0 Å². The van der Waals surface area contributed by atoms with Gasteiger partial charge >= 0.3 is 0 Å². The Labute approximate surface area is 105 Å². The van der Waals surface area contributed by atoms with Crippen LogP contribution in [0.15, 0.2) is 29.1 Å². The minimum absolute atomic E-state index is 1.05. The second kappa shape index (κ2) is 9.03. The fourth-order valence-corrected chi connectivity index (χ4v) is 1.98. The largest absolute Gasteiger partial charge is 0.365 e. The van der Waals surface area contributed by atoms with E-state index in [4.69, 9.17) is 4.84 Å². The molecule has 0 saturated heterocycles. The zero-order valence-electron chi connectivity index (χ0n) is 11.2. The molecule has 0 aromatic heterocycles. The molecule has 1 rings (SSSR count). The first-order valence-corrected chi connectivity index (χ1v) is 6.97. The molecule has 0 aromatic carbocycles. The smallest absolute Gasteiger partial charge is 0.122 e. The number of nitrogens with zero attached hydrogens (tertiary/aromatic N) is 1. The highest BCUT2D eigenvalue weighted by molar-refractivity contribution is 6.00. The Morgan fingerprint density at radius 2 is 1.71 bits per heavy atom. The van der Waals surface area contributed by atoms with Crippen molar-refractivity contribution < 1.29 is 4.84 Å². The summed E-state index contributed by atoms with van der Waals surface area (Å²) in [5.74, 6) is 0. The van der Waals surface area contributed by atoms with Gasteiger partial charge < -0.3 is 4.84 Å². The maximum atomic E-state index is 5.13. The van der Waals surface area contributed by atoms with E-state index >= 15 is 0 Å². The van der Waals surface area contributed by atoms with Crippen molar-refractivity contribution in [1.82, 2.24) is 0 Å². The van der Waals surface area contributed by atoms with Crippen molar-refractivity contribution >= 4 is 5.71 Å². The highest BCUT2D eigenvalue weighted by Gasteiger charge is 2.08. The van der Waals surface area contributed by atoms with E-state index < -0.39 is 0 Å². The molecule has 2 nitrogen and oxygen atoms in total. The van der Waals surface area contributed by atoms with Gasteiger partial charge in [0.25, 0.3) is 0 Å². The first-order valence-electron chi connectivity index (χ1n) is 6.97. The molecule has 2 heteroatoms. The van der Waals surface area contributed by atoms with Crippen LogP contribution in [-0.4, -0.2) is 5.71 Å². The van der Waals surface area contributed by atoms with Crippen LogP contribution < -0.4 is 0 Å². The van der Waals surface area contributed by atoms with Gasteiger partial charge in [-0.3, -0.25) is 0 Å². The summed E-state index contributed by atoms with van der Waals surface area (Å²) in [7, 11) is 0. The first kappa shape index (κ1) is 14.0. The van der Waals surface area contributed by atoms with Gasteiger partial charge in [-0.05, 0) is 37.3 Å². The molecule has 17 heavy (non-hydrogen) atoms. The summed E-state index contributed by atoms with van der Waals surface area (Å²) in [6, 6.07) is 0. The Morgan fingerprint density at radius 3 is 2.41 bits per heavy atom. The first-order chi connectivity index (χ1) is 8.38. The number of oxime groups is 1. The standard InChI is InChI=1S/C15H25NO/c1-3-5-7-10-14-11-9-13-17-16-15(14)12-8-6-4-2/h9,11,13H,3-8,10,12H2,1-2H3. The number of allylic oxidation sites excluding steroid dienone is 3. The summed E-state index contributed by atoms with van der Waals surface area (Å²) in [5, 5.41) is 4.22. The van der Waals surface area contributed by atoms with Crippen LogP contribution in [-0.2, 0) is 4.84 Å². The van der Waals surface area contributed by atoms with Crippen LogP contribution in [0, 0.1) is 0 Å². The Morgan fingerprint density at radius 1 is 1.00 bits per heavy atom. The highest BCUT2D eigenvalue weighted by Crippen LogP contribution is 2.17. The maximum absolute atomic E-state index is 5.13. The van der Waals surface area contributed by atoms with Crippen LogP contribution in [0.4, 0.5) is 0 Å². The Bertz CT molecular complexity index is 289. The third-order valence-corrected chi connectivity index (χ3v) is 3.04. The quantitative estimate of drug-likeness (QED) is 0.544. The summed E-state index contributed by atoms with van der Waals surface area (Å²) in [6.07, 6.45) is 15.5. The van der Waals surface area contributed by atoms with E-state index in [1.807, 2.05) is 6.08 Å². The van der Waals surface area contributed by atoms with Gasteiger partial charge in [-0.1, -0.05) is 50.8 Å². The predicted octanol–water partition coefficient (Wildman–Crippen LogP) is 4.97. The van der Waals surface area contributed by atoms with Crippen molar-refractivity contribution in [2.24, 2.45) is 5.16 Å². The summed E-state index contributed by atoms with van der Waals surface area (Å²) in [4.78, 5) is 5.13. The lowest BCUT2D eigenvalue weighted by molar-refractivity contribution is 0.268. The zero-order chi connectivity index (χ0) is 12.3. The number of hydrogen-bond donors (Lipinski definition) is 0. The second-order valence-corrected chi connectivity index (χ2v) is 4.58. The molecule has 1 heterocycles. The summed E-state index contributed by atoms with van der Waals surface area (Å²) >= 11 is 0. The van der Waals surface area contributed by atoms with Crippen molar-refractivity contribution in [3.8, 4) is 0 Å². The molecular formula is C15H25NO. The van der Waals surface area contributed by atoms with E-state index in [-0.39, 0.29) is 0 Å². The number of rotatable bonds is 8. The zero-order valence-corrected chi connectivity index (χ0v) is 11.2. The van der Waals surface area contributed by atoms with Crippen LogP contribution in [0.2, 0.25) is 0 Å². The third kappa shape index (κ3) is 5.71. The second-order valence-electron chi connectivity index (χ2n) is 4.58. The van der Waals surface area contributed by atoms with E-state index in [9.17, 15) is 0 Å². The van der Waals surface area contributed by atoms with Crippen molar-refractivity contribution in [2.45, 2.75) is 65.2 Å². The third-order valence-electron chi connectivity index (χ3n) is 3.04. The Hall–Kier alpha value is -1.05. The maximum Gasteiger partial charge on any atom is 0.122 e. The molecule has 0 amide bonds. The Balaban J connectivity index is 2.48. The van der Waals surface area contributed by atoms with Crippen molar-refractivity contribution in [1.29, 1.82) is 0 Å². The van der Waals surface area contributed by atoms with Crippen LogP contribution >= 0.6 is 0 Å². The van der Waals surface area contributed by atoms with Gasteiger partial charge in [0.1, 0.15) is 6.26 Å². The van der Waals surface area contributed by atoms with Crippen LogP contribution in [0.1, 0.15) is 65.2 Å². The minimum atomic E-state index is 1.05. The summed E-state index contributed by atoms with van der Waals surface area (Å²) in [5.41, 5.74) is 2.52. The van der Waals surface area contributed by atoms with Crippen LogP contribution in [0.5, 0.6) is 0 Å². The molecule has 0 bridgehead atoms.